The molecule has 2 heterocycles. The number of hydrogen-bond acceptors (Lipinski definition) is 4. The number of pyridine rings is 1. The van der Waals surface area contributed by atoms with Crippen molar-refractivity contribution < 1.29 is 4.79 Å². The average Bonchev–Trinajstić information content (AvgIpc) is 2.91. The largest absolute Gasteiger partial charge is 0.346 e. The lowest BCUT2D eigenvalue weighted by molar-refractivity contribution is -0.122. The van der Waals surface area contributed by atoms with Crippen LogP contribution < -0.4 is 10.9 Å². The van der Waals surface area contributed by atoms with E-state index in [9.17, 15) is 9.59 Å². The number of carbonyl (C=O) groups excluding carboxylic acids is 1. The van der Waals surface area contributed by atoms with Crippen LogP contribution in [0.1, 0.15) is 36.2 Å². The Bertz CT molecular complexity index is 690. The molecule has 0 spiro atoms. The van der Waals surface area contributed by atoms with E-state index in [0.717, 1.165) is 22.7 Å². The van der Waals surface area contributed by atoms with Gasteiger partial charge >= 0.3 is 0 Å². The molecule has 0 aromatic carbocycles. The molecular weight excluding hydrogens is 286 g/mol. The highest BCUT2D eigenvalue weighted by Gasteiger charge is 2.13. The van der Waals surface area contributed by atoms with E-state index >= 15 is 0 Å². The van der Waals surface area contributed by atoms with Crippen LogP contribution in [0.5, 0.6) is 0 Å². The summed E-state index contributed by atoms with van der Waals surface area (Å²) in [4.78, 5) is 28.2. The molecule has 0 aliphatic heterocycles. The van der Waals surface area contributed by atoms with Crippen LogP contribution >= 0.6 is 11.3 Å². The van der Waals surface area contributed by atoms with Crippen molar-refractivity contribution in [3.8, 4) is 0 Å². The summed E-state index contributed by atoms with van der Waals surface area (Å²) in [5, 5.41) is 5.89. The Morgan fingerprint density at radius 1 is 1.52 bits per heavy atom. The Labute approximate surface area is 127 Å². The van der Waals surface area contributed by atoms with Crippen LogP contribution in [0.15, 0.2) is 28.5 Å². The van der Waals surface area contributed by atoms with Gasteiger partial charge in [0.1, 0.15) is 6.54 Å². The van der Waals surface area contributed by atoms with E-state index in [4.69, 9.17) is 0 Å². The molecule has 1 N–H and O–H groups in total. The second-order valence-electron chi connectivity index (χ2n) is 4.98. The van der Waals surface area contributed by atoms with Gasteiger partial charge in [0.25, 0.3) is 5.56 Å². The standard InChI is InChI=1S/C15H19N3O2S/c1-4-14-17-12(9-21-14)11(3)16-13(19)8-18-6-5-10(2)7-15(18)20/h5-7,9,11H,4,8H2,1-3H3,(H,16,19). The van der Waals surface area contributed by atoms with Gasteiger partial charge in [-0.2, -0.15) is 0 Å². The van der Waals surface area contributed by atoms with Crippen LogP contribution in [-0.2, 0) is 17.8 Å². The molecular formula is C15H19N3O2S. The van der Waals surface area contributed by atoms with E-state index in [1.807, 2.05) is 25.3 Å². The number of aromatic nitrogens is 2. The third kappa shape index (κ3) is 4.01. The van der Waals surface area contributed by atoms with Crippen LogP contribution in [0.2, 0.25) is 0 Å². The molecule has 0 radical (unpaired) electrons. The molecule has 2 aromatic rings. The van der Waals surface area contributed by atoms with Crippen molar-refractivity contribution in [1.82, 2.24) is 14.9 Å². The molecule has 0 aliphatic carbocycles. The number of amides is 1. The lowest BCUT2D eigenvalue weighted by atomic mass is 10.2. The Morgan fingerprint density at radius 3 is 2.90 bits per heavy atom. The third-order valence-electron chi connectivity index (χ3n) is 3.16. The lowest BCUT2D eigenvalue weighted by Crippen LogP contribution is -2.33. The summed E-state index contributed by atoms with van der Waals surface area (Å²) in [6, 6.07) is 3.17. The Hall–Kier alpha value is -1.95. The number of nitrogens with zero attached hydrogens (tertiary/aromatic N) is 2. The van der Waals surface area contributed by atoms with Crippen molar-refractivity contribution >= 4 is 17.2 Å². The van der Waals surface area contributed by atoms with Gasteiger partial charge < -0.3 is 9.88 Å². The number of aryl methyl sites for hydroxylation is 2. The van der Waals surface area contributed by atoms with Gasteiger partial charge in [-0.3, -0.25) is 9.59 Å². The van der Waals surface area contributed by atoms with Crippen molar-refractivity contribution in [3.05, 3.63) is 50.3 Å². The second kappa shape index (κ2) is 6.67. The first-order valence-corrected chi connectivity index (χ1v) is 7.78. The highest BCUT2D eigenvalue weighted by atomic mass is 32.1. The zero-order valence-corrected chi connectivity index (χ0v) is 13.2. The maximum atomic E-state index is 12.0. The van der Waals surface area contributed by atoms with E-state index in [-0.39, 0.29) is 24.1 Å². The number of nitrogens with one attached hydrogen (secondary N) is 1. The van der Waals surface area contributed by atoms with Crippen molar-refractivity contribution in [1.29, 1.82) is 0 Å². The molecule has 0 fully saturated rings. The van der Waals surface area contributed by atoms with Crippen LogP contribution in [0.4, 0.5) is 0 Å². The first kappa shape index (κ1) is 15.4. The monoisotopic (exact) mass is 305 g/mol. The van der Waals surface area contributed by atoms with E-state index in [1.54, 1.807) is 17.5 Å². The van der Waals surface area contributed by atoms with Gasteiger partial charge in [-0.15, -0.1) is 11.3 Å². The molecule has 1 unspecified atom stereocenters. The number of thiazole rings is 1. The molecule has 112 valence electrons. The van der Waals surface area contributed by atoms with Crippen molar-refractivity contribution in [2.45, 2.75) is 39.8 Å². The number of carbonyl (C=O) groups is 1. The lowest BCUT2D eigenvalue weighted by Gasteiger charge is -2.12. The van der Waals surface area contributed by atoms with Crippen LogP contribution in [0.25, 0.3) is 0 Å². The second-order valence-corrected chi connectivity index (χ2v) is 5.92. The van der Waals surface area contributed by atoms with E-state index < -0.39 is 0 Å². The summed E-state index contributed by atoms with van der Waals surface area (Å²) >= 11 is 1.60. The molecule has 0 saturated heterocycles. The van der Waals surface area contributed by atoms with Gasteiger partial charge in [0.2, 0.25) is 5.91 Å². The normalized spacial score (nSPS) is 12.1. The van der Waals surface area contributed by atoms with Gasteiger partial charge in [-0.1, -0.05) is 6.92 Å². The van der Waals surface area contributed by atoms with E-state index in [2.05, 4.69) is 17.2 Å². The summed E-state index contributed by atoms with van der Waals surface area (Å²) in [5.74, 6) is -0.195. The Balaban J connectivity index is 1.99. The smallest absolute Gasteiger partial charge is 0.251 e. The summed E-state index contributed by atoms with van der Waals surface area (Å²) in [6.45, 7) is 5.82. The van der Waals surface area contributed by atoms with Gasteiger partial charge in [0.05, 0.1) is 16.7 Å². The highest BCUT2D eigenvalue weighted by molar-refractivity contribution is 7.09. The molecule has 6 heteroatoms. The van der Waals surface area contributed by atoms with Crippen molar-refractivity contribution in [2.75, 3.05) is 0 Å². The summed E-state index contributed by atoms with van der Waals surface area (Å²) in [7, 11) is 0. The molecule has 2 aromatic heterocycles. The highest BCUT2D eigenvalue weighted by Crippen LogP contribution is 2.16. The molecule has 1 atom stereocenters. The zero-order chi connectivity index (χ0) is 15.4. The fraction of sp³-hybridized carbons (Fsp3) is 0.400. The van der Waals surface area contributed by atoms with Gasteiger partial charge in [-0.25, -0.2) is 4.98 Å². The van der Waals surface area contributed by atoms with Crippen LogP contribution in [0.3, 0.4) is 0 Å². The molecule has 0 saturated carbocycles. The van der Waals surface area contributed by atoms with Gasteiger partial charge in [0, 0.05) is 17.6 Å². The number of hydrogen-bond donors (Lipinski definition) is 1. The van der Waals surface area contributed by atoms with Gasteiger partial charge in [-0.05, 0) is 31.9 Å². The third-order valence-corrected chi connectivity index (χ3v) is 4.17. The topological polar surface area (TPSA) is 64.0 Å². The van der Waals surface area contributed by atoms with Gasteiger partial charge in [0.15, 0.2) is 0 Å². The number of rotatable bonds is 5. The molecule has 0 aliphatic rings. The predicted molar refractivity (Wildman–Crippen MR) is 83.5 cm³/mol. The molecule has 21 heavy (non-hydrogen) atoms. The fourth-order valence-corrected chi connectivity index (χ4v) is 2.78. The maximum absolute atomic E-state index is 12.0. The first-order valence-electron chi connectivity index (χ1n) is 6.90. The SMILES string of the molecule is CCc1nc(C(C)NC(=O)Cn2ccc(C)cc2=O)cs1. The minimum Gasteiger partial charge on any atom is -0.346 e. The molecule has 2 rings (SSSR count). The summed E-state index contributed by atoms with van der Waals surface area (Å²) in [5.41, 5.74) is 1.58. The quantitative estimate of drug-likeness (QED) is 0.919. The summed E-state index contributed by atoms with van der Waals surface area (Å²) < 4.78 is 1.40. The zero-order valence-electron chi connectivity index (χ0n) is 12.4. The van der Waals surface area contributed by atoms with E-state index in [0.29, 0.717) is 0 Å². The first-order chi connectivity index (χ1) is 9.99. The van der Waals surface area contributed by atoms with E-state index in [1.165, 1.54) is 10.6 Å². The molecule has 1 amide bonds. The summed E-state index contributed by atoms with van der Waals surface area (Å²) in [6.07, 6.45) is 2.53. The van der Waals surface area contributed by atoms with Crippen LogP contribution in [-0.4, -0.2) is 15.5 Å². The Morgan fingerprint density at radius 2 is 2.29 bits per heavy atom. The maximum Gasteiger partial charge on any atom is 0.251 e. The minimum absolute atomic E-state index is 0.0220. The average molecular weight is 305 g/mol. The fourth-order valence-electron chi connectivity index (χ4n) is 1.94. The molecule has 0 bridgehead atoms. The predicted octanol–water partition coefficient (Wildman–Crippen LogP) is 2.05. The van der Waals surface area contributed by atoms with Crippen molar-refractivity contribution in [3.63, 3.8) is 0 Å². The van der Waals surface area contributed by atoms with Crippen molar-refractivity contribution in [2.24, 2.45) is 0 Å². The minimum atomic E-state index is -0.195. The molecule has 5 nitrogen and oxygen atoms in total. The van der Waals surface area contributed by atoms with Crippen LogP contribution in [0, 0.1) is 6.92 Å². The Kier molecular flexibility index (Phi) is 4.90.